The number of fused-ring (bicyclic) bond motifs is 2. The third kappa shape index (κ3) is 3.82. The fourth-order valence-electron chi connectivity index (χ4n) is 5.68. The molecule has 1 amide bonds. The molecule has 2 saturated carbocycles. The van der Waals surface area contributed by atoms with Crippen LogP contribution in [0.2, 0.25) is 0 Å². The van der Waals surface area contributed by atoms with Crippen molar-refractivity contribution < 1.29 is 9.18 Å². The minimum absolute atomic E-state index is 0.143. The molecule has 2 aromatic heterocycles. The van der Waals surface area contributed by atoms with Crippen LogP contribution in [-0.2, 0) is 4.79 Å². The van der Waals surface area contributed by atoms with Gasteiger partial charge in [0.25, 0.3) is 0 Å². The lowest BCUT2D eigenvalue weighted by Gasteiger charge is -2.21. The molecule has 2 fully saturated rings. The zero-order chi connectivity index (χ0) is 22.2. The molecule has 5 rings (SSSR count). The lowest BCUT2D eigenvalue weighted by atomic mass is 9.88. The van der Waals surface area contributed by atoms with Crippen LogP contribution in [0.25, 0.3) is 10.9 Å². The molecule has 5 atom stereocenters. The summed E-state index contributed by atoms with van der Waals surface area (Å²) in [5, 5.41) is 12.6. The van der Waals surface area contributed by atoms with Crippen molar-refractivity contribution in [3.05, 3.63) is 65.9 Å². The van der Waals surface area contributed by atoms with Gasteiger partial charge in [-0.05, 0) is 91.3 Å². The van der Waals surface area contributed by atoms with Gasteiger partial charge in [-0.1, -0.05) is 0 Å². The summed E-state index contributed by atoms with van der Waals surface area (Å²) in [4.78, 5) is 21.0. The van der Waals surface area contributed by atoms with E-state index in [0.717, 1.165) is 36.6 Å². The van der Waals surface area contributed by atoms with E-state index in [1.165, 1.54) is 17.8 Å². The molecule has 0 aliphatic heterocycles. The summed E-state index contributed by atoms with van der Waals surface area (Å²) >= 11 is 0. The summed E-state index contributed by atoms with van der Waals surface area (Å²) in [5.74, 6) is 1.12. The molecule has 0 bridgehead atoms. The minimum atomic E-state index is -0.578. The van der Waals surface area contributed by atoms with Gasteiger partial charge in [0.15, 0.2) is 0 Å². The van der Waals surface area contributed by atoms with Crippen molar-refractivity contribution in [3.8, 4) is 6.07 Å². The van der Waals surface area contributed by atoms with Gasteiger partial charge in [0.05, 0.1) is 23.4 Å². The molecule has 0 saturated heterocycles. The molecule has 3 aromatic rings. The molecule has 3 N–H and O–H groups in total. The van der Waals surface area contributed by atoms with E-state index in [4.69, 9.17) is 11.0 Å². The van der Waals surface area contributed by atoms with Gasteiger partial charge < -0.3 is 11.1 Å². The second-order valence-corrected chi connectivity index (χ2v) is 9.04. The number of rotatable bonds is 4. The highest BCUT2D eigenvalue weighted by Gasteiger charge is 2.45. The van der Waals surface area contributed by atoms with Crippen LogP contribution in [0.3, 0.4) is 0 Å². The summed E-state index contributed by atoms with van der Waals surface area (Å²) in [6.45, 7) is 0. The van der Waals surface area contributed by atoms with E-state index >= 15 is 0 Å². The number of amides is 1. The first-order valence-corrected chi connectivity index (χ1v) is 11.0. The smallest absolute Gasteiger partial charge is 0.241 e. The van der Waals surface area contributed by atoms with Gasteiger partial charge in [-0.3, -0.25) is 9.78 Å². The van der Waals surface area contributed by atoms with Gasteiger partial charge in [-0.15, -0.1) is 0 Å². The molecule has 0 radical (unpaired) electrons. The molecule has 0 spiro atoms. The number of nitrogens with two attached hydrogens (primary N) is 1. The van der Waals surface area contributed by atoms with Gasteiger partial charge in [0, 0.05) is 11.6 Å². The molecule has 2 aliphatic rings. The Morgan fingerprint density at radius 2 is 1.91 bits per heavy atom. The number of nitrogens with zero attached hydrogens (tertiary/aromatic N) is 3. The van der Waals surface area contributed by atoms with E-state index in [0.29, 0.717) is 29.1 Å². The first kappa shape index (κ1) is 20.5. The Morgan fingerprint density at radius 1 is 1.12 bits per heavy atom. The van der Waals surface area contributed by atoms with Crippen molar-refractivity contribution in [2.24, 2.45) is 23.5 Å². The number of benzene rings is 1. The summed E-state index contributed by atoms with van der Waals surface area (Å²) in [6.07, 6.45) is 7.20. The molecular weight excluding hydrogens is 405 g/mol. The van der Waals surface area contributed by atoms with Crippen molar-refractivity contribution in [1.82, 2.24) is 9.97 Å². The SMILES string of the molecule is N#Cc1ccc(NC(=O)C(N)[C@H]2C[C@H]3C[C@@H](c4ccnc5ccc(F)cc45)C[C@H]3C2)cn1. The number of carbonyl (C=O) groups is 1. The van der Waals surface area contributed by atoms with Crippen molar-refractivity contribution >= 4 is 22.5 Å². The molecule has 1 unspecified atom stereocenters. The number of hydrogen-bond acceptors (Lipinski definition) is 5. The normalized spacial score (nSPS) is 25.3. The van der Waals surface area contributed by atoms with Crippen LogP contribution in [-0.4, -0.2) is 21.9 Å². The minimum Gasteiger partial charge on any atom is -0.323 e. The lowest BCUT2D eigenvalue weighted by Crippen LogP contribution is -2.41. The molecule has 7 heteroatoms. The second-order valence-electron chi connectivity index (χ2n) is 9.04. The van der Waals surface area contributed by atoms with Crippen LogP contribution < -0.4 is 11.1 Å². The van der Waals surface area contributed by atoms with Gasteiger partial charge in [0.2, 0.25) is 5.91 Å². The van der Waals surface area contributed by atoms with Crippen LogP contribution in [0, 0.1) is 34.9 Å². The van der Waals surface area contributed by atoms with Gasteiger partial charge in [-0.2, -0.15) is 5.26 Å². The fraction of sp³-hybridized carbons (Fsp3) is 0.360. The highest BCUT2D eigenvalue weighted by atomic mass is 19.1. The first-order valence-electron chi connectivity index (χ1n) is 11.0. The van der Waals surface area contributed by atoms with Gasteiger partial charge in [-0.25, -0.2) is 9.37 Å². The third-order valence-electron chi connectivity index (χ3n) is 7.19. The molecule has 2 aliphatic carbocycles. The fourth-order valence-corrected chi connectivity index (χ4v) is 5.68. The van der Waals surface area contributed by atoms with Crippen molar-refractivity contribution in [3.63, 3.8) is 0 Å². The molecular formula is C25H24FN5O. The van der Waals surface area contributed by atoms with E-state index in [1.807, 2.05) is 18.3 Å². The van der Waals surface area contributed by atoms with E-state index in [2.05, 4.69) is 15.3 Å². The zero-order valence-corrected chi connectivity index (χ0v) is 17.5. The predicted octanol–water partition coefficient (Wildman–Crippen LogP) is 4.13. The summed E-state index contributed by atoms with van der Waals surface area (Å²) in [6, 6.07) is 11.4. The number of aromatic nitrogens is 2. The van der Waals surface area contributed by atoms with Gasteiger partial charge in [0.1, 0.15) is 17.6 Å². The maximum absolute atomic E-state index is 13.8. The van der Waals surface area contributed by atoms with E-state index < -0.39 is 6.04 Å². The van der Waals surface area contributed by atoms with E-state index in [9.17, 15) is 9.18 Å². The standard InChI is InChI=1S/C25H24FN5O/c26-18-1-4-23-22(11-18)21(5-6-29-23)16-7-14-9-17(10-15(14)8-16)24(28)25(32)31-20-3-2-19(12-27)30-13-20/h1-6,11,13-17,24H,7-10,28H2,(H,31,32)/t14-,15+,16-,17+,24?. The molecule has 6 nitrogen and oxygen atoms in total. The number of hydrogen-bond donors (Lipinski definition) is 2. The lowest BCUT2D eigenvalue weighted by molar-refractivity contribution is -0.118. The Labute approximate surface area is 185 Å². The Kier molecular flexibility index (Phi) is 5.32. The van der Waals surface area contributed by atoms with Crippen molar-refractivity contribution in [2.75, 3.05) is 5.32 Å². The van der Waals surface area contributed by atoms with E-state index in [1.54, 1.807) is 24.3 Å². The topological polar surface area (TPSA) is 105 Å². The average molecular weight is 429 g/mol. The highest BCUT2D eigenvalue weighted by molar-refractivity contribution is 5.94. The van der Waals surface area contributed by atoms with Crippen molar-refractivity contribution in [2.45, 2.75) is 37.6 Å². The third-order valence-corrected chi connectivity index (χ3v) is 7.19. The number of nitriles is 1. The quantitative estimate of drug-likeness (QED) is 0.649. The molecule has 1 aromatic carbocycles. The van der Waals surface area contributed by atoms with Crippen LogP contribution in [0.5, 0.6) is 0 Å². The molecule has 162 valence electrons. The number of halogens is 1. The van der Waals surface area contributed by atoms with Crippen LogP contribution in [0.1, 0.15) is 42.9 Å². The number of pyridine rings is 2. The number of nitrogens with one attached hydrogen (secondary N) is 1. The monoisotopic (exact) mass is 429 g/mol. The summed E-state index contributed by atoms with van der Waals surface area (Å²) in [7, 11) is 0. The average Bonchev–Trinajstić information content (AvgIpc) is 3.38. The van der Waals surface area contributed by atoms with Gasteiger partial charge >= 0.3 is 0 Å². The Morgan fingerprint density at radius 3 is 2.59 bits per heavy atom. The predicted molar refractivity (Wildman–Crippen MR) is 119 cm³/mol. The molecule has 2 heterocycles. The maximum atomic E-state index is 13.8. The highest BCUT2D eigenvalue weighted by Crippen LogP contribution is 2.53. The maximum Gasteiger partial charge on any atom is 0.241 e. The van der Waals surface area contributed by atoms with Crippen LogP contribution in [0.4, 0.5) is 10.1 Å². The van der Waals surface area contributed by atoms with Crippen LogP contribution in [0.15, 0.2) is 48.8 Å². The van der Waals surface area contributed by atoms with E-state index in [-0.39, 0.29) is 17.6 Å². The van der Waals surface area contributed by atoms with Crippen molar-refractivity contribution in [1.29, 1.82) is 5.26 Å². The molecule has 32 heavy (non-hydrogen) atoms. The summed E-state index contributed by atoms with van der Waals surface area (Å²) < 4.78 is 13.8. The zero-order valence-electron chi connectivity index (χ0n) is 17.5. The number of anilines is 1. The first-order chi connectivity index (χ1) is 15.5. The summed E-state index contributed by atoms with van der Waals surface area (Å²) in [5.41, 5.74) is 9.18. The van der Waals surface area contributed by atoms with Crippen LogP contribution >= 0.6 is 0 Å². The Hall–Kier alpha value is -3.37. The largest absolute Gasteiger partial charge is 0.323 e. The Balaban J connectivity index is 1.23. The second kappa shape index (κ2) is 8.29. The Bertz CT molecular complexity index is 1190. The number of carbonyl (C=O) groups excluding carboxylic acids is 1.